The molecule has 0 saturated carbocycles. The molecule has 0 amide bonds. The molecule has 0 aliphatic heterocycles. The Kier molecular flexibility index (Phi) is 4.25. The average Bonchev–Trinajstić information content (AvgIpc) is 2.40. The molecule has 1 nitrogen and oxygen atoms in total. The fraction of sp³-hybridized carbons (Fsp3) is 0.267. The number of ether oxygens (including phenoxy) is 1. The van der Waals surface area contributed by atoms with E-state index < -0.39 is 0 Å². The van der Waals surface area contributed by atoms with Crippen LogP contribution in [0.1, 0.15) is 12.0 Å². The lowest BCUT2D eigenvalue weighted by atomic mass is 9.78. The van der Waals surface area contributed by atoms with E-state index in [1.165, 1.54) is 5.56 Å². The summed E-state index contributed by atoms with van der Waals surface area (Å²) in [4.78, 5) is 0. The molecule has 3 heteroatoms. The van der Waals surface area contributed by atoms with E-state index in [0.717, 1.165) is 22.8 Å². The first-order chi connectivity index (χ1) is 8.66. The molecule has 0 radical (unpaired) electrons. The third kappa shape index (κ3) is 2.85. The first-order valence-electron chi connectivity index (χ1n) is 5.87. The van der Waals surface area contributed by atoms with E-state index in [-0.39, 0.29) is 5.41 Å². The van der Waals surface area contributed by atoms with Gasteiger partial charge in [-0.1, -0.05) is 48.6 Å². The fourth-order valence-electron chi connectivity index (χ4n) is 2.14. The second-order valence-electron chi connectivity index (χ2n) is 4.47. The van der Waals surface area contributed by atoms with Gasteiger partial charge in [0.1, 0.15) is 5.76 Å². The van der Waals surface area contributed by atoms with E-state index in [1.54, 1.807) is 7.11 Å². The van der Waals surface area contributed by atoms with Crippen LogP contribution in [0.4, 0.5) is 0 Å². The highest BCUT2D eigenvalue weighted by Crippen LogP contribution is 2.36. The molecule has 0 N–H and O–H groups in total. The minimum Gasteiger partial charge on any atom is -0.497 e. The number of thiol groups is 1. The Morgan fingerprint density at radius 2 is 2.11 bits per heavy atom. The van der Waals surface area contributed by atoms with Crippen molar-refractivity contribution in [1.82, 2.24) is 0 Å². The van der Waals surface area contributed by atoms with Crippen molar-refractivity contribution in [1.29, 1.82) is 0 Å². The molecule has 0 saturated heterocycles. The Labute approximate surface area is 119 Å². The molecule has 1 unspecified atom stereocenters. The monoisotopic (exact) mass is 276 g/mol. The van der Waals surface area contributed by atoms with Crippen molar-refractivity contribution in [3.05, 3.63) is 59.9 Å². The van der Waals surface area contributed by atoms with Crippen LogP contribution in [-0.4, -0.2) is 11.3 Å². The summed E-state index contributed by atoms with van der Waals surface area (Å²) < 4.78 is 5.95. The van der Waals surface area contributed by atoms with Crippen molar-refractivity contribution in [2.45, 2.75) is 12.8 Å². The van der Waals surface area contributed by atoms with Gasteiger partial charge in [-0.25, -0.2) is 0 Å². The van der Waals surface area contributed by atoms with Gasteiger partial charge in [0.05, 0.1) is 11.3 Å². The van der Waals surface area contributed by atoms with Crippen LogP contribution in [0, 0.1) is 5.41 Å². The highest BCUT2D eigenvalue weighted by atomic mass is 32.1. The standard InChI is InChI=1S/C15H16OS2/c1-16-13-7-9-15(10-8-13,14(17)18)11-12-5-3-2-4-6-12/h2-9H,10-11H2,1H3,(H,17,18). The van der Waals surface area contributed by atoms with Crippen molar-refractivity contribution in [3.8, 4) is 0 Å². The zero-order valence-corrected chi connectivity index (χ0v) is 12.0. The maximum Gasteiger partial charge on any atom is 0.114 e. The van der Waals surface area contributed by atoms with Crippen LogP contribution in [0.2, 0.25) is 0 Å². The lowest BCUT2D eigenvalue weighted by Gasteiger charge is -2.31. The Morgan fingerprint density at radius 1 is 1.39 bits per heavy atom. The van der Waals surface area contributed by atoms with Gasteiger partial charge in [0.25, 0.3) is 0 Å². The summed E-state index contributed by atoms with van der Waals surface area (Å²) >= 11 is 9.77. The molecule has 1 aromatic carbocycles. The van der Waals surface area contributed by atoms with E-state index in [9.17, 15) is 0 Å². The third-order valence-corrected chi connectivity index (χ3v) is 4.11. The summed E-state index contributed by atoms with van der Waals surface area (Å²) in [6.45, 7) is 0. The van der Waals surface area contributed by atoms with Crippen molar-refractivity contribution in [3.63, 3.8) is 0 Å². The van der Waals surface area contributed by atoms with Crippen molar-refractivity contribution < 1.29 is 4.74 Å². The molecule has 18 heavy (non-hydrogen) atoms. The number of benzene rings is 1. The second-order valence-corrected chi connectivity index (χ2v) is 5.63. The molecule has 1 atom stereocenters. The molecular formula is C15H16OS2. The Hall–Kier alpha value is -1.06. The average molecular weight is 276 g/mol. The molecule has 0 fully saturated rings. The first-order valence-corrected chi connectivity index (χ1v) is 6.72. The van der Waals surface area contributed by atoms with Gasteiger partial charge in [-0.2, -0.15) is 0 Å². The summed E-state index contributed by atoms with van der Waals surface area (Å²) in [5, 5.41) is 0. The van der Waals surface area contributed by atoms with E-state index in [2.05, 4.69) is 36.9 Å². The van der Waals surface area contributed by atoms with E-state index >= 15 is 0 Å². The maximum atomic E-state index is 5.34. The molecule has 2 rings (SSSR count). The molecule has 0 heterocycles. The van der Waals surface area contributed by atoms with Crippen LogP contribution in [0.3, 0.4) is 0 Å². The lowest BCUT2D eigenvalue weighted by Crippen LogP contribution is -2.28. The number of rotatable bonds is 4. The van der Waals surface area contributed by atoms with Crippen LogP contribution < -0.4 is 0 Å². The van der Waals surface area contributed by atoms with Crippen molar-refractivity contribution >= 4 is 29.0 Å². The van der Waals surface area contributed by atoms with Gasteiger partial charge in [0.15, 0.2) is 0 Å². The van der Waals surface area contributed by atoms with Gasteiger partial charge in [-0.05, 0) is 30.6 Å². The number of hydrogen-bond acceptors (Lipinski definition) is 2. The van der Waals surface area contributed by atoms with Gasteiger partial charge < -0.3 is 4.74 Å². The van der Waals surface area contributed by atoms with Gasteiger partial charge in [-0.15, -0.1) is 12.6 Å². The molecular weight excluding hydrogens is 260 g/mol. The van der Waals surface area contributed by atoms with Crippen molar-refractivity contribution in [2.24, 2.45) is 5.41 Å². The fourth-order valence-corrected chi connectivity index (χ4v) is 2.61. The molecule has 0 spiro atoms. The maximum absolute atomic E-state index is 5.34. The predicted octanol–water partition coefficient (Wildman–Crippen LogP) is 3.96. The minimum atomic E-state index is -0.179. The summed E-state index contributed by atoms with van der Waals surface area (Å²) in [7, 11) is 1.68. The number of allylic oxidation sites excluding steroid dienone is 3. The zero-order chi connectivity index (χ0) is 13.0. The minimum absolute atomic E-state index is 0.179. The van der Waals surface area contributed by atoms with E-state index in [1.807, 2.05) is 24.3 Å². The quantitative estimate of drug-likeness (QED) is 0.658. The normalized spacial score (nSPS) is 22.4. The van der Waals surface area contributed by atoms with Crippen LogP contribution in [0.15, 0.2) is 54.3 Å². The smallest absolute Gasteiger partial charge is 0.114 e. The van der Waals surface area contributed by atoms with Gasteiger partial charge >= 0.3 is 0 Å². The summed E-state index contributed by atoms with van der Waals surface area (Å²) in [5.74, 6) is 0.892. The number of thiocarbonyl (C=S) groups is 1. The lowest BCUT2D eigenvalue weighted by molar-refractivity contribution is 0.299. The third-order valence-electron chi connectivity index (χ3n) is 3.26. The van der Waals surface area contributed by atoms with E-state index in [0.29, 0.717) is 0 Å². The molecule has 1 aliphatic carbocycles. The number of hydrogen-bond donors (Lipinski definition) is 1. The Balaban J connectivity index is 2.23. The molecule has 1 aromatic rings. The zero-order valence-electron chi connectivity index (χ0n) is 10.3. The topological polar surface area (TPSA) is 9.23 Å². The predicted molar refractivity (Wildman–Crippen MR) is 83.0 cm³/mol. The SMILES string of the molecule is COC1=CCC(Cc2ccccc2)(C(=S)S)C=C1. The largest absolute Gasteiger partial charge is 0.497 e. The van der Waals surface area contributed by atoms with Gasteiger partial charge in [0.2, 0.25) is 0 Å². The van der Waals surface area contributed by atoms with E-state index in [4.69, 9.17) is 17.0 Å². The van der Waals surface area contributed by atoms with Crippen LogP contribution in [0.5, 0.6) is 0 Å². The van der Waals surface area contributed by atoms with Gasteiger partial charge in [0, 0.05) is 5.41 Å². The van der Waals surface area contributed by atoms with Crippen molar-refractivity contribution in [2.75, 3.05) is 7.11 Å². The summed E-state index contributed by atoms with van der Waals surface area (Å²) in [5.41, 5.74) is 1.09. The molecule has 0 bridgehead atoms. The van der Waals surface area contributed by atoms with Crippen LogP contribution in [-0.2, 0) is 11.2 Å². The Morgan fingerprint density at radius 3 is 2.61 bits per heavy atom. The van der Waals surface area contributed by atoms with Gasteiger partial charge in [-0.3, -0.25) is 0 Å². The summed E-state index contributed by atoms with van der Waals surface area (Å²) in [6, 6.07) is 10.4. The highest BCUT2D eigenvalue weighted by molar-refractivity contribution is 8.11. The van der Waals surface area contributed by atoms with Crippen LogP contribution in [0.25, 0.3) is 0 Å². The molecule has 1 aliphatic rings. The molecule has 0 aromatic heterocycles. The Bertz CT molecular complexity index is 490. The van der Waals surface area contributed by atoms with Crippen LogP contribution >= 0.6 is 24.8 Å². The number of methoxy groups -OCH3 is 1. The molecule has 94 valence electrons. The highest BCUT2D eigenvalue weighted by Gasteiger charge is 2.31. The first kappa shape index (κ1) is 13.4. The summed E-state index contributed by atoms with van der Waals surface area (Å²) in [6.07, 6.45) is 7.89. The second kappa shape index (κ2) is 5.72.